The van der Waals surface area contributed by atoms with E-state index in [1.165, 1.54) is 15.9 Å². The van der Waals surface area contributed by atoms with E-state index >= 15 is 0 Å². The molecule has 3 rings (SSSR count). The average Bonchev–Trinajstić information content (AvgIpc) is 2.79. The predicted octanol–water partition coefficient (Wildman–Crippen LogP) is 4.54. The molecule has 0 radical (unpaired) electrons. The van der Waals surface area contributed by atoms with Gasteiger partial charge in [0.25, 0.3) is 0 Å². The highest BCUT2D eigenvalue weighted by atomic mass is 31.1. The Hall–Kier alpha value is -2.08. The summed E-state index contributed by atoms with van der Waals surface area (Å²) in [6, 6.07) is 25.1. The molecule has 3 aromatic rings. The van der Waals surface area contributed by atoms with Gasteiger partial charge in [-0.2, -0.15) is 0 Å². The first-order valence-electron chi connectivity index (χ1n) is 9.69. The van der Waals surface area contributed by atoms with Gasteiger partial charge >= 0.3 is 0 Å². The van der Waals surface area contributed by atoms with Gasteiger partial charge in [-0.3, -0.25) is 0 Å². The van der Waals surface area contributed by atoms with Crippen molar-refractivity contribution in [2.45, 2.75) is 6.42 Å². The molecule has 0 amide bonds. The number of methoxy groups -OCH3 is 3. The summed E-state index contributed by atoms with van der Waals surface area (Å²) in [6.07, 6.45) is 3.38. The zero-order chi connectivity index (χ0) is 20.5. The molecule has 0 saturated carbocycles. The Morgan fingerprint density at radius 3 is 1.69 bits per heavy atom. The van der Waals surface area contributed by atoms with Crippen LogP contribution in [0, 0.1) is 0 Å². The molecule has 3 aromatic carbocycles. The summed E-state index contributed by atoms with van der Waals surface area (Å²) < 4.78 is 16.9. The van der Waals surface area contributed by atoms with Gasteiger partial charge in [-0.1, -0.05) is 63.2 Å². The molecule has 0 fully saturated rings. The topological polar surface area (TPSA) is 27.7 Å². The third kappa shape index (κ3) is 5.50. The number of ether oxygens (including phenoxy) is 3. The van der Waals surface area contributed by atoms with Crippen LogP contribution in [-0.2, 0) is 0 Å². The molecule has 0 saturated heterocycles. The molecule has 0 bridgehead atoms. The minimum atomic E-state index is -0.573. The highest BCUT2D eigenvalue weighted by molar-refractivity contribution is 7.73. The van der Waals surface area contributed by atoms with Crippen LogP contribution in [0.15, 0.2) is 72.8 Å². The van der Waals surface area contributed by atoms with Gasteiger partial charge in [0.15, 0.2) is 0 Å². The van der Waals surface area contributed by atoms with Gasteiger partial charge in [-0.15, -0.1) is 0 Å². The SMILES string of the molecule is COc1ccccc1PCCCP(c1ccccc1OC)c1ccccc1OC. The quantitative estimate of drug-likeness (QED) is 0.352. The second kappa shape index (κ2) is 11.2. The van der Waals surface area contributed by atoms with Crippen LogP contribution in [0.3, 0.4) is 0 Å². The lowest BCUT2D eigenvalue weighted by Crippen LogP contribution is -2.18. The standard InChI is InChI=1S/C24H28O3P2/c1-25-19-11-4-7-14-22(19)28-17-10-18-29(23-15-8-5-12-20(23)26-2)24-16-9-6-13-21(24)27-3/h4-9,11-16,28H,10,17-18H2,1-3H3. The Morgan fingerprint density at radius 2 is 1.14 bits per heavy atom. The van der Waals surface area contributed by atoms with E-state index in [-0.39, 0.29) is 0 Å². The first kappa shape index (κ1) is 21.6. The molecule has 152 valence electrons. The van der Waals surface area contributed by atoms with Crippen molar-refractivity contribution in [2.75, 3.05) is 33.7 Å². The maximum absolute atomic E-state index is 5.69. The number of hydrogen-bond acceptors (Lipinski definition) is 3. The van der Waals surface area contributed by atoms with Crippen LogP contribution in [0.5, 0.6) is 17.2 Å². The van der Waals surface area contributed by atoms with Gasteiger partial charge in [0.2, 0.25) is 0 Å². The molecule has 0 aliphatic carbocycles. The van der Waals surface area contributed by atoms with Crippen LogP contribution >= 0.6 is 16.5 Å². The minimum Gasteiger partial charge on any atom is -0.496 e. The first-order chi connectivity index (χ1) is 14.3. The highest BCUT2D eigenvalue weighted by Gasteiger charge is 2.20. The second-order valence-electron chi connectivity index (χ2n) is 6.48. The molecular weight excluding hydrogens is 398 g/mol. The maximum atomic E-state index is 5.69. The number of para-hydroxylation sites is 3. The average molecular weight is 426 g/mol. The van der Waals surface area contributed by atoms with Gasteiger partial charge in [-0.25, -0.2) is 0 Å². The highest BCUT2D eigenvalue weighted by Crippen LogP contribution is 2.41. The summed E-state index contributed by atoms with van der Waals surface area (Å²) in [7, 11) is 5.41. The van der Waals surface area contributed by atoms with Crippen molar-refractivity contribution in [3.8, 4) is 17.2 Å². The molecule has 0 N–H and O–H groups in total. The largest absolute Gasteiger partial charge is 0.496 e. The van der Waals surface area contributed by atoms with E-state index in [4.69, 9.17) is 14.2 Å². The third-order valence-corrected chi connectivity index (χ3v) is 8.80. The number of hydrogen-bond donors (Lipinski definition) is 0. The molecule has 1 unspecified atom stereocenters. The molecule has 0 aliphatic rings. The van der Waals surface area contributed by atoms with Gasteiger partial charge in [0.1, 0.15) is 17.2 Å². The fraction of sp³-hybridized carbons (Fsp3) is 0.250. The van der Waals surface area contributed by atoms with Crippen molar-refractivity contribution in [3.05, 3.63) is 72.8 Å². The van der Waals surface area contributed by atoms with Crippen molar-refractivity contribution in [3.63, 3.8) is 0 Å². The van der Waals surface area contributed by atoms with Crippen molar-refractivity contribution >= 4 is 32.4 Å². The third-order valence-electron chi connectivity index (χ3n) is 4.73. The van der Waals surface area contributed by atoms with E-state index in [9.17, 15) is 0 Å². The summed E-state index contributed by atoms with van der Waals surface area (Å²) in [5.41, 5.74) is 0. The van der Waals surface area contributed by atoms with E-state index in [0.29, 0.717) is 0 Å². The van der Waals surface area contributed by atoms with Crippen LogP contribution in [-0.4, -0.2) is 33.7 Å². The Bertz CT molecular complexity index is 866. The number of benzene rings is 3. The van der Waals surface area contributed by atoms with Gasteiger partial charge < -0.3 is 14.2 Å². The number of rotatable bonds is 10. The van der Waals surface area contributed by atoms with Crippen LogP contribution in [0.1, 0.15) is 6.42 Å². The van der Waals surface area contributed by atoms with Crippen molar-refractivity contribution in [1.29, 1.82) is 0 Å². The van der Waals surface area contributed by atoms with Crippen LogP contribution in [0.4, 0.5) is 0 Å². The first-order valence-corrected chi connectivity index (χ1v) is 12.4. The Morgan fingerprint density at radius 1 is 0.655 bits per heavy atom. The Kier molecular flexibility index (Phi) is 8.35. The fourth-order valence-corrected chi connectivity index (χ4v) is 7.43. The van der Waals surface area contributed by atoms with E-state index in [0.717, 1.165) is 44.6 Å². The lowest BCUT2D eigenvalue weighted by Gasteiger charge is -2.23. The predicted molar refractivity (Wildman–Crippen MR) is 127 cm³/mol. The summed E-state index contributed by atoms with van der Waals surface area (Å²) in [6.45, 7) is 0. The van der Waals surface area contributed by atoms with Crippen molar-refractivity contribution < 1.29 is 14.2 Å². The zero-order valence-electron chi connectivity index (χ0n) is 17.2. The smallest absolute Gasteiger partial charge is 0.126 e. The van der Waals surface area contributed by atoms with E-state index in [2.05, 4.69) is 48.5 Å². The summed E-state index contributed by atoms with van der Waals surface area (Å²) in [5.74, 6) is 2.90. The molecule has 0 aliphatic heterocycles. The van der Waals surface area contributed by atoms with Crippen molar-refractivity contribution in [1.82, 2.24) is 0 Å². The molecule has 0 spiro atoms. The lowest BCUT2D eigenvalue weighted by molar-refractivity contribution is 0.417. The second-order valence-corrected chi connectivity index (χ2v) is 10.1. The van der Waals surface area contributed by atoms with Gasteiger partial charge in [-0.05, 0) is 44.9 Å². The lowest BCUT2D eigenvalue weighted by atomic mass is 10.3. The summed E-state index contributed by atoms with van der Waals surface area (Å²) in [4.78, 5) is 0. The summed E-state index contributed by atoms with van der Waals surface area (Å²) in [5, 5.41) is 3.85. The van der Waals surface area contributed by atoms with Crippen LogP contribution < -0.4 is 30.1 Å². The van der Waals surface area contributed by atoms with E-state index in [1.807, 2.05) is 24.3 Å². The summed E-state index contributed by atoms with van der Waals surface area (Å²) >= 11 is 0. The molecule has 0 heterocycles. The fourth-order valence-electron chi connectivity index (χ4n) is 3.33. The van der Waals surface area contributed by atoms with Gasteiger partial charge in [0.05, 0.1) is 21.3 Å². The van der Waals surface area contributed by atoms with E-state index < -0.39 is 7.92 Å². The molecule has 0 aromatic heterocycles. The van der Waals surface area contributed by atoms with Crippen LogP contribution in [0.25, 0.3) is 0 Å². The maximum Gasteiger partial charge on any atom is 0.126 e. The zero-order valence-corrected chi connectivity index (χ0v) is 19.1. The van der Waals surface area contributed by atoms with Gasteiger partial charge in [0, 0.05) is 15.9 Å². The molecule has 1 atom stereocenters. The normalized spacial score (nSPS) is 11.2. The molecular formula is C24H28O3P2. The Labute approximate surface area is 176 Å². The molecule has 29 heavy (non-hydrogen) atoms. The van der Waals surface area contributed by atoms with Crippen LogP contribution in [0.2, 0.25) is 0 Å². The van der Waals surface area contributed by atoms with E-state index in [1.54, 1.807) is 21.3 Å². The minimum absolute atomic E-state index is 0.573. The molecule has 3 nitrogen and oxygen atoms in total. The molecule has 5 heteroatoms. The van der Waals surface area contributed by atoms with Crippen molar-refractivity contribution in [2.24, 2.45) is 0 Å². The Balaban J connectivity index is 1.79. The monoisotopic (exact) mass is 426 g/mol.